The van der Waals surface area contributed by atoms with Crippen LogP contribution in [-0.4, -0.2) is 58.4 Å². The summed E-state index contributed by atoms with van der Waals surface area (Å²) in [7, 11) is 1.67. The van der Waals surface area contributed by atoms with Gasteiger partial charge in [0.05, 0.1) is 26.9 Å². The Labute approximate surface area is 185 Å². The van der Waals surface area contributed by atoms with Crippen molar-refractivity contribution in [1.29, 1.82) is 0 Å². The van der Waals surface area contributed by atoms with E-state index in [4.69, 9.17) is 18.9 Å². The highest BCUT2D eigenvalue weighted by Crippen LogP contribution is 2.21. The van der Waals surface area contributed by atoms with Crippen molar-refractivity contribution in [3.05, 3.63) is 29.8 Å². The molecule has 2 rings (SSSR count). The van der Waals surface area contributed by atoms with Crippen molar-refractivity contribution < 1.29 is 18.9 Å². The molecule has 160 valence electrons. The molecule has 0 unspecified atom stereocenters. The third kappa shape index (κ3) is 9.40. The zero-order chi connectivity index (χ0) is 19.4. The Bertz CT molecular complexity index is 563. The fourth-order valence-corrected chi connectivity index (χ4v) is 2.71. The van der Waals surface area contributed by atoms with Crippen LogP contribution >= 0.6 is 24.0 Å². The van der Waals surface area contributed by atoms with E-state index in [1.807, 2.05) is 38.1 Å². The lowest BCUT2D eigenvalue weighted by atomic mass is 10.2. The molecule has 1 aromatic rings. The molecule has 1 aliphatic heterocycles. The molecule has 28 heavy (non-hydrogen) atoms. The molecule has 1 heterocycles. The Morgan fingerprint density at radius 3 is 2.46 bits per heavy atom. The van der Waals surface area contributed by atoms with Gasteiger partial charge in [0.2, 0.25) is 0 Å². The number of benzene rings is 1. The first kappa shape index (κ1) is 24.9. The average molecular weight is 507 g/mol. The molecule has 0 spiro atoms. The van der Waals surface area contributed by atoms with Gasteiger partial charge >= 0.3 is 0 Å². The number of methoxy groups -OCH3 is 1. The summed E-state index contributed by atoms with van der Waals surface area (Å²) < 4.78 is 21.9. The lowest BCUT2D eigenvalue weighted by Crippen LogP contribution is -2.41. The second-order valence-electron chi connectivity index (χ2n) is 6.50. The Morgan fingerprint density at radius 1 is 1.14 bits per heavy atom. The Balaban J connectivity index is 0.00000392. The average Bonchev–Trinajstić information content (AvgIpc) is 3.12. The number of nitrogens with one attached hydrogen (secondary N) is 2. The molecular formula is C20H34IN3O4. The maximum absolute atomic E-state index is 5.65. The smallest absolute Gasteiger partial charge is 0.191 e. The largest absolute Gasteiger partial charge is 0.497 e. The van der Waals surface area contributed by atoms with E-state index < -0.39 is 5.79 Å². The van der Waals surface area contributed by atoms with Crippen molar-refractivity contribution >= 4 is 29.9 Å². The van der Waals surface area contributed by atoms with Crippen LogP contribution in [0, 0.1) is 0 Å². The minimum Gasteiger partial charge on any atom is -0.497 e. The van der Waals surface area contributed by atoms with Gasteiger partial charge in [-0.1, -0.05) is 12.1 Å². The Morgan fingerprint density at radius 2 is 1.82 bits per heavy atom. The van der Waals surface area contributed by atoms with E-state index in [2.05, 4.69) is 15.6 Å². The zero-order valence-corrected chi connectivity index (χ0v) is 19.5. The van der Waals surface area contributed by atoms with Crippen molar-refractivity contribution in [3.63, 3.8) is 0 Å². The third-order valence-electron chi connectivity index (χ3n) is 4.31. The fraction of sp³-hybridized carbons (Fsp3) is 0.650. The first-order valence-corrected chi connectivity index (χ1v) is 9.66. The second-order valence-corrected chi connectivity index (χ2v) is 6.50. The predicted molar refractivity (Wildman–Crippen MR) is 122 cm³/mol. The molecule has 1 saturated heterocycles. The van der Waals surface area contributed by atoms with Gasteiger partial charge in [-0.05, 0) is 38.0 Å². The summed E-state index contributed by atoms with van der Waals surface area (Å²) in [6.45, 7) is 8.90. The summed E-state index contributed by atoms with van der Waals surface area (Å²) in [6.07, 6.45) is 1.69. The van der Waals surface area contributed by atoms with Crippen LogP contribution in [0.3, 0.4) is 0 Å². The van der Waals surface area contributed by atoms with Gasteiger partial charge in [0.1, 0.15) is 5.75 Å². The van der Waals surface area contributed by atoms with Gasteiger partial charge in [-0.15, -0.1) is 24.0 Å². The molecule has 1 aromatic carbocycles. The van der Waals surface area contributed by atoms with Crippen molar-refractivity contribution in [1.82, 2.24) is 10.6 Å². The normalized spacial score (nSPS) is 15.8. The van der Waals surface area contributed by atoms with Gasteiger partial charge in [0, 0.05) is 32.7 Å². The first-order chi connectivity index (χ1) is 13.1. The van der Waals surface area contributed by atoms with Crippen LogP contribution in [0.4, 0.5) is 0 Å². The van der Waals surface area contributed by atoms with Crippen LogP contribution in [0.25, 0.3) is 0 Å². The Hall–Kier alpha value is -1.10. The molecule has 7 nitrogen and oxygen atoms in total. The number of hydrogen-bond donors (Lipinski definition) is 2. The lowest BCUT2D eigenvalue weighted by molar-refractivity contribution is -0.145. The van der Waals surface area contributed by atoms with Gasteiger partial charge < -0.3 is 29.6 Å². The molecule has 1 fully saturated rings. The standard InChI is InChI=1S/C20H33N3O4.HI/c1-4-25-13-5-11-21-19(22-12-10-20(2)26-14-15-27-20)23-16-17-6-8-18(24-3)9-7-17;/h6-9H,4-5,10-16H2,1-3H3,(H2,21,22,23);1H. The van der Waals surface area contributed by atoms with E-state index in [0.717, 1.165) is 56.4 Å². The SMILES string of the molecule is CCOCCCNC(=NCc1ccc(OC)cc1)NCCC1(C)OCCO1.I. The minimum atomic E-state index is -0.497. The Kier molecular flexibility index (Phi) is 12.4. The molecule has 0 aliphatic carbocycles. The molecule has 0 radical (unpaired) electrons. The number of rotatable bonds is 11. The number of halogens is 1. The van der Waals surface area contributed by atoms with Crippen molar-refractivity contribution in [2.24, 2.45) is 4.99 Å². The molecular weight excluding hydrogens is 473 g/mol. The van der Waals surface area contributed by atoms with Gasteiger partial charge in [-0.3, -0.25) is 0 Å². The van der Waals surface area contributed by atoms with E-state index >= 15 is 0 Å². The molecule has 0 saturated carbocycles. The van der Waals surface area contributed by atoms with Crippen LogP contribution in [0.15, 0.2) is 29.3 Å². The predicted octanol–water partition coefficient (Wildman–Crippen LogP) is 2.93. The van der Waals surface area contributed by atoms with E-state index in [9.17, 15) is 0 Å². The molecule has 0 aromatic heterocycles. The van der Waals surface area contributed by atoms with E-state index in [-0.39, 0.29) is 24.0 Å². The summed E-state index contributed by atoms with van der Waals surface area (Å²) in [6, 6.07) is 7.94. The fourth-order valence-electron chi connectivity index (χ4n) is 2.71. The molecule has 0 amide bonds. The van der Waals surface area contributed by atoms with Crippen molar-refractivity contribution in [2.45, 2.75) is 39.0 Å². The number of guanidine groups is 1. The number of aliphatic imine (C=N–C) groups is 1. The van der Waals surface area contributed by atoms with Crippen LogP contribution in [0.2, 0.25) is 0 Å². The number of ether oxygens (including phenoxy) is 4. The van der Waals surface area contributed by atoms with Gasteiger partial charge in [-0.25, -0.2) is 4.99 Å². The van der Waals surface area contributed by atoms with Crippen LogP contribution < -0.4 is 15.4 Å². The highest BCUT2D eigenvalue weighted by molar-refractivity contribution is 14.0. The van der Waals surface area contributed by atoms with Crippen LogP contribution in [-0.2, 0) is 20.8 Å². The molecule has 0 bridgehead atoms. The second kappa shape index (κ2) is 14.0. The maximum atomic E-state index is 5.65. The van der Waals surface area contributed by atoms with E-state index in [0.29, 0.717) is 19.8 Å². The lowest BCUT2D eigenvalue weighted by Gasteiger charge is -2.23. The van der Waals surface area contributed by atoms with E-state index in [1.54, 1.807) is 7.11 Å². The monoisotopic (exact) mass is 507 g/mol. The molecule has 1 aliphatic rings. The highest BCUT2D eigenvalue weighted by Gasteiger charge is 2.30. The van der Waals surface area contributed by atoms with Gasteiger partial charge in [0.25, 0.3) is 0 Å². The zero-order valence-electron chi connectivity index (χ0n) is 17.2. The van der Waals surface area contributed by atoms with Crippen LogP contribution in [0.1, 0.15) is 32.3 Å². The first-order valence-electron chi connectivity index (χ1n) is 9.66. The summed E-state index contributed by atoms with van der Waals surface area (Å²) >= 11 is 0. The van der Waals surface area contributed by atoms with Crippen molar-refractivity contribution in [3.8, 4) is 5.75 Å². The van der Waals surface area contributed by atoms with E-state index in [1.165, 1.54) is 0 Å². The molecule has 2 N–H and O–H groups in total. The highest BCUT2D eigenvalue weighted by atomic mass is 127. The summed E-state index contributed by atoms with van der Waals surface area (Å²) in [5.74, 6) is 1.13. The minimum absolute atomic E-state index is 0. The van der Waals surface area contributed by atoms with Crippen molar-refractivity contribution in [2.75, 3.05) is 46.6 Å². The van der Waals surface area contributed by atoms with Crippen LogP contribution in [0.5, 0.6) is 5.75 Å². The summed E-state index contributed by atoms with van der Waals surface area (Å²) in [4.78, 5) is 4.69. The molecule has 8 heteroatoms. The molecule has 0 atom stereocenters. The summed E-state index contributed by atoms with van der Waals surface area (Å²) in [5, 5.41) is 6.73. The topological polar surface area (TPSA) is 73.3 Å². The van der Waals surface area contributed by atoms with Gasteiger partial charge in [-0.2, -0.15) is 0 Å². The van der Waals surface area contributed by atoms with Gasteiger partial charge in [0.15, 0.2) is 11.7 Å². The number of hydrogen-bond acceptors (Lipinski definition) is 5. The maximum Gasteiger partial charge on any atom is 0.191 e. The number of nitrogens with zero attached hydrogens (tertiary/aromatic N) is 1. The summed E-state index contributed by atoms with van der Waals surface area (Å²) in [5.41, 5.74) is 1.13. The quantitative estimate of drug-likeness (QED) is 0.208. The third-order valence-corrected chi connectivity index (χ3v) is 4.31.